The maximum Gasteiger partial charge on any atom is 0.255 e. The van der Waals surface area contributed by atoms with Crippen LogP contribution in [-0.4, -0.2) is 34.9 Å². The van der Waals surface area contributed by atoms with Crippen molar-refractivity contribution >= 4 is 35.0 Å². The summed E-state index contributed by atoms with van der Waals surface area (Å²) in [4.78, 5) is 18.1. The molecule has 0 spiro atoms. The van der Waals surface area contributed by atoms with Crippen molar-refractivity contribution in [1.82, 2.24) is 14.8 Å². The van der Waals surface area contributed by atoms with Crippen molar-refractivity contribution in [2.24, 2.45) is 0 Å². The maximum atomic E-state index is 13.0. The lowest BCUT2D eigenvalue weighted by atomic mass is 10.1. The van der Waals surface area contributed by atoms with Crippen molar-refractivity contribution in [2.75, 3.05) is 19.5 Å². The van der Waals surface area contributed by atoms with Crippen molar-refractivity contribution in [1.29, 1.82) is 0 Å². The summed E-state index contributed by atoms with van der Waals surface area (Å²) in [6.07, 6.45) is 0. The molecule has 1 aromatic heterocycles. The summed E-state index contributed by atoms with van der Waals surface area (Å²) < 4.78 is 12.3. The smallest absolute Gasteiger partial charge is 0.255 e. The molecule has 1 N–H and O–H groups in total. The van der Waals surface area contributed by atoms with E-state index in [4.69, 9.17) is 21.1 Å². The fraction of sp³-hybridized carbons (Fsp3) is 0.160. The average molecular weight is 495 g/mol. The van der Waals surface area contributed by atoms with Gasteiger partial charge < -0.3 is 14.8 Å². The van der Waals surface area contributed by atoms with Gasteiger partial charge in [-0.15, -0.1) is 5.10 Å². The minimum atomic E-state index is -0.270. The number of benzene rings is 3. The number of aryl methyl sites for hydroxylation is 1. The Balaban J connectivity index is 1.56. The molecule has 34 heavy (non-hydrogen) atoms. The van der Waals surface area contributed by atoms with Crippen molar-refractivity contribution < 1.29 is 14.3 Å². The van der Waals surface area contributed by atoms with E-state index in [-0.39, 0.29) is 11.2 Å². The molecule has 4 aromatic rings. The van der Waals surface area contributed by atoms with Gasteiger partial charge in [0.2, 0.25) is 5.28 Å². The third kappa shape index (κ3) is 5.52. The normalized spacial score (nSPS) is 10.7. The molecule has 1 heterocycles. The number of carbonyl (C=O) groups excluding carboxylic acids is 1. The van der Waals surface area contributed by atoms with E-state index in [1.807, 2.05) is 31.2 Å². The number of nitrogens with one attached hydrogen (secondary N) is 1. The second-order valence-corrected chi connectivity index (χ2v) is 8.78. The van der Waals surface area contributed by atoms with Crippen LogP contribution < -0.4 is 14.8 Å². The number of nitrogens with zero attached hydrogens (tertiary/aromatic N) is 3. The first-order valence-corrected chi connectivity index (χ1v) is 11.6. The molecule has 0 radical (unpaired) electrons. The number of methoxy groups -OCH3 is 2. The van der Waals surface area contributed by atoms with Crippen LogP contribution in [0.25, 0.3) is 0 Å². The second-order valence-electron chi connectivity index (χ2n) is 7.43. The highest BCUT2D eigenvalue weighted by Crippen LogP contribution is 2.34. The maximum absolute atomic E-state index is 13.0. The lowest BCUT2D eigenvalue weighted by Crippen LogP contribution is -2.13. The van der Waals surface area contributed by atoms with Gasteiger partial charge in [0.05, 0.1) is 26.5 Å². The number of hydrogen-bond donors (Lipinski definition) is 1. The van der Waals surface area contributed by atoms with Crippen LogP contribution in [0.4, 0.5) is 5.69 Å². The van der Waals surface area contributed by atoms with Crippen LogP contribution in [0, 0.1) is 6.92 Å². The highest BCUT2D eigenvalue weighted by atomic mass is 35.5. The number of ether oxygens (including phenoxy) is 2. The Morgan fingerprint density at radius 3 is 2.50 bits per heavy atom. The zero-order valence-electron chi connectivity index (χ0n) is 18.9. The van der Waals surface area contributed by atoms with Gasteiger partial charge in [0.25, 0.3) is 5.91 Å². The summed E-state index contributed by atoms with van der Waals surface area (Å²) in [5, 5.41) is 8.10. The Kier molecular flexibility index (Phi) is 7.40. The zero-order valence-corrected chi connectivity index (χ0v) is 20.5. The van der Waals surface area contributed by atoms with Gasteiger partial charge in [-0.2, -0.15) is 4.98 Å². The monoisotopic (exact) mass is 494 g/mol. The molecule has 1 amide bonds. The van der Waals surface area contributed by atoms with Crippen LogP contribution in [-0.2, 0) is 6.54 Å². The Morgan fingerprint density at radius 1 is 1.03 bits per heavy atom. The van der Waals surface area contributed by atoms with E-state index < -0.39 is 0 Å². The van der Waals surface area contributed by atoms with Gasteiger partial charge in [0.1, 0.15) is 0 Å². The fourth-order valence-corrected chi connectivity index (χ4v) is 4.41. The first kappa shape index (κ1) is 23.7. The first-order chi connectivity index (χ1) is 16.5. The van der Waals surface area contributed by atoms with Gasteiger partial charge in [-0.05, 0) is 66.2 Å². The molecule has 0 aliphatic rings. The molecule has 7 nitrogen and oxygen atoms in total. The molecule has 0 saturated heterocycles. The Morgan fingerprint density at radius 2 is 1.76 bits per heavy atom. The molecule has 4 rings (SSSR count). The standard InChI is InChI=1S/C25H23ClN4O3S/c1-16-8-10-17(11-9-16)15-30-25(28-24(26)29-30)34-22-7-5-4-6-19(22)27-23(31)18-12-13-20(32-2)21(14-18)33-3/h4-14H,15H2,1-3H3,(H,27,31). The van der Waals surface area contributed by atoms with Crippen LogP contribution in [0.1, 0.15) is 21.5 Å². The number of halogens is 1. The first-order valence-electron chi connectivity index (χ1n) is 10.4. The van der Waals surface area contributed by atoms with Crippen molar-refractivity contribution in [3.63, 3.8) is 0 Å². The molecular formula is C25H23ClN4O3S. The molecule has 0 bridgehead atoms. The van der Waals surface area contributed by atoms with Gasteiger partial charge in [-0.1, -0.05) is 42.0 Å². The minimum absolute atomic E-state index is 0.168. The Labute approximate surface area is 207 Å². The van der Waals surface area contributed by atoms with Crippen molar-refractivity contribution in [3.8, 4) is 11.5 Å². The number of hydrogen-bond acceptors (Lipinski definition) is 6. The van der Waals surface area contributed by atoms with Crippen LogP contribution in [0.15, 0.2) is 76.8 Å². The predicted octanol–water partition coefficient (Wildman–Crippen LogP) is 5.71. The summed E-state index contributed by atoms with van der Waals surface area (Å²) in [6.45, 7) is 2.58. The van der Waals surface area contributed by atoms with Gasteiger partial charge in [0.15, 0.2) is 16.7 Å². The molecule has 0 unspecified atom stereocenters. The molecule has 0 atom stereocenters. The Bertz CT molecular complexity index is 1310. The molecule has 174 valence electrons. The number of carbonyl (C=O) groups is 1. The van der Waals surface area contributed by atoms with Crippen molar-refractivity contribution in [2.45, 2.75) is 23.5 Å². The zero-order chi connectivity index (χ0) is 24.1. The summed E-state index contributed by atoms with van der Waals surface area (Å²) >= 11 is 7.51. The van der Waals surface area contributed by atoms with E-state index in [1.54, 1.807) is 30.0 Å². The number of amides is 1. The average Bonchev–Trinajstić information content (AvgIpc) is 3.19. The summed E-state index contributed by atoms with van der Waals surface area (Å²) in [5.74, 6) is 0.768. The highest BCUT2D eigenvalue weighted by Gasteiger charge is 2.16. The third-order valence-electron chi connectivity index (χ3n) is 5.05. The van der Waals surface area contributed by atoms with Crippen LogP contribution in [0.3, 0.4) is 0 Å². The molecule has 3 aromatic carbocycles. The predicted molar refractivity (Wildman–Crippen MR) is 133 cm³/mol. The van der Waals surface area contributed by atoms with Gasteiger partial charge in [-0.3, -0.25) is 4.79 Å². The number of anilines is 1. The topological polar surface area (TPSA) is 78.3 Å². The summed E-state index contributed by atoms with van der Waals surface area (Å²) in [7, 11) is 3.08. The largest absolute Gasteiger partial charge is 0.493 e. The summed E-state index contributed by atoms with van der Waals surface area (Å²) in [6, 6.07) is 20.7. The van der Waals surface area contributed by atoms with Gasteiger partial charge in [0, 0.05) is 10.5 Å². The molecule has 0 aliphatic carbocycles. The van der Waals surface area contributed by atoms with Crippen molar-refractivity contribution in [3.05, 3.63) is 88.7 Å². The molecule has 0 fully saturated rings. The molecule has 9 heteroatoms. The van der Waals surface area contributed by atoms with Crippen LogP contribution in [0.2, 0.25) is 5.28 Å². The van der Waals surface area contributed by atoms with Crippen LogP contribution >= 0.6 is 23.4 Å². The van der Waals surface area contributed by atoms with E-state index in [0.717, 1.165) is 10.5 Å². The van der Waals surface area contributed by atoms with Gasteiger partial charge >= 0.3 is 0 Å². The number of rotatable bonds is 8. The van der Waals surface area contributed by atoms with Gasteiger partial charge in [-0.25, -0.2) is 4.68 Å². The quantitative estimate of drug-likeness (QED) is 0.338. The second kappa shape index (κ2) is 10.6. The van der Waals surface area contributed by atoms with E-state index in [9.17, 15) is 4.79 Å². The lowest BCUT2D eigenvalue weighted by molar-refractivity contribution is 0.102. The highest BCUT2D eigenvalue weighted by molar-refractivity contribution is 7.99. The summed E-state index contributed by atoms with van der Waals surface area (Å²) in [5.41, 5.74) is 3.37. The third-order valence-corrected chi connectivity index (χ3v) is 6.27. The SMILES string of the molecule is COc1ccc(C(=O)Nc2ccccc2Sc2nc(Cl)nn2Cc2ccc(C)cc2)cc1OC. The molecule has 0 aliphatic heterocycles. The van der Waals surface area contributed by atoms with E-state index in [1.165, 1.54) is 24.4 Å². The Hall–Kier alpha value is -3.49. The fourth-order valence-electron chi connectivity index (χ4n) is 3.28. The number of para-hydroxylation sites is 1. The van der Waals surface area contributed by atoms with E-state index in [2.05, 4.69) is 39.7 Å². The molecular weight excluding hydrogens is 472 g/mol. The van der Waals surface area contributed by atoms with E-state index >= 15 is 0 Å². The van der Waals surface area contributed by atoms with Crippen LogP contribution in [0.5, 0.6) is 11.5 Å². The minimum Gasteiger partial charge on any atom is -0.493 e. The molecule has 0 saturated carbocycles. The van der Waals surface area contributed by atoms with E-state index in [0.29, 0.717) is 34.5 Å². The lowest BCUT2D eigenvalue weighted by Gasteiger charge is -2.13. The number of aromatic nitrogens is 3.